The van der Waals surface area contributed by atoms with Crippen LogP contribution in [0.25, 0.3) is 148 Å². The van der Waals surface area contributed by atoms with Crippen LogP contribution in [0.5, 0.6) is 0 Å². The maximum Gasteiger partial charge on any atom is 0.161 e. The second-order valence-corrected chi connectivity index (χ2v) is 19.1. The molecule has 15 aromatic rings. The van der Waals surface area contributed by atoms with Crippen molar-refractivity contribution in [3.63, 3.8) is 0 Å². The quantitative estimate of drug-likeness (QED) is 0.167. The number of furan rings is 2. The van der Waals surface area contributed by atoms with E-state index in [2.05, 4.69) is 211 Å². The molecule has 0 spiro atoms. The lowest BCUT2D eigenvalue weighted by Gasteiger charge is -2.11. The summed E-state index contributed by atoms with van der Waals surface area (Å²) in [6.07, 6.45) is 0. The summed E-state index contributed by atoms with van der Waals surface area (Å²) in [5.74, 6) is 0.674. The number of fused-ring (bicyclic) bond motifs is 12. The molecule has 0 saturated carbocycles. The number of rotatable bonds is 6. The maximum absolute atomic E-state index is 6.85. The SMILES string of the molecule is c1ccc(-c2cc(-c3ccc4c(c3)oc3ccccc34)nc(-c3cccc4sc5c(-c6cccc7c6oc6ccc(-c8ccc9c(c8)c8ccccc8n9-c8ccccc8)cc67)cccc5c34)n2)cc1. The first-order valence-corrected chi connectivity index (χ1v) is 24.4. The van der Waals surface area contributed by atoms with Crippen molar-refractivity contribution in [3.05, 3.63) is 224 Å². The molecule has 0 aliphatic carbocycles. The van der Waals surface area contributed by atoms with Crippen LogP contribution in [0.1, 0.15) is 0 Å². The fraction of sp³-hybridized carbons (Fsp3) is 0. The van der Waals surface area contributed by atoms with Crippen LogP contribution in [0, 0.1) is 0 Å². The van der Waals surface area contributed by atoms with Gasteiger partial charge in [-0.05, 0) is 83.9 Å². The van der Waals surface area contributed by atoms with Crippen LogP contribution >= 0.6 is 11.3 Å². The summed E-state index contributed by atoms with van der Waals surface area (Å²) in [4.78, 5) is 10.7. The van der Waals surface area contributed by atoms with Gasteiger partial charge in [0.05, 0.1) is 22.4 Å². The lowest BCUT2D eigenvalue weighted by Crippen LogP contribution is -1.96. The van der Waals surface area contributed by atoms with Gasteiger partial charge in [0.1, 0.15) is 22.3 Å². The predicted octanol–water partition coefficient (Wildman–Crippen LogP) is 18.1. The molecule has 0 aliphatic rings. The molecule has 5 nitrogen and oxygen atoms in total. The van der Waals surface area contributed by atoms with Crippen molar-refractivity contribution >= 4 is 97.2 Å². The molecular formula is C64H37N3O2S. The van der Waals surface area contributed by atoms with Crippen LogP contribution in [-0.2, 0) is 0 Å². The van der Waals surface area contributed by atoms with Crippen molar-refractivity contribution in [1.82, 2.24) is 14.5 Å². The highest BCUT2D eigenvalue weighted by molar-refractivity contribution is 7.26. The lowest BCUT2D eigenvalue weighted by atomic mass is 9.97. The van der Waals surface area contributed by atoms with E-state index in [-0.39, 0.29) is 0 Å². The number of aromatic nitrogens is 3. The van der Waals surface area contributed by atoms with E-state index >= 15 is 0 Å². The molecule has 5 heterocycles. The van der Waals surface area contributed by atoms with E-state index in [1.54, 1.807) is 11.3 Å². The van der Waals surface area contributed by atoms with Gasteiger partial charge in [-0.15, -0.1) is 11.3 Å². The van der Waals surface area contributed by atoms with Gasteiger partial charge < -0.3 is 13.4 Å². The summed E-state index contributed by atoms with van der Waals surface area (Å²) in [6.45, 7) is 0. The zero-order chi connectivity index (χ0) is 45.9. The molecule has 0 radical (unpaired) electrons. The lowest BCUT2D eigenvalue weighted by molar-refractivity contribution is 0.669. The van der Waals surface area contributed by atoms with Gasteiger partial charge in [0.25, 0.3) is 0 Å². The van der Waals surface area contributed by atoms with Gasteiger partial charge in [0.15, 0.2) is 5.82 Å². The molecule has 0 N–H and O–H groups in total. The second-order valence-electron chi connectivity index (χ2n) is 18.0. The normalized spacial score (nSPS) is 12.0. The summed E-state index contributed by atoms with van der Waals surface area (Å²) in [5.41, 5.74) is 16.2. The smallest absolute Gasteiger partial charge is 0.161 e. The molecule has 70 heavy (non-hydrogen) atoms. The Kier molecular flexibility index (Phi) is 8.46. The number of thiophene rings is 1. The van der Waals surface area contributed by atoms with Crippen LogP contribution in [0.3, 0.4) is 0 Å². The Morgan fingerprint density at radius 1 is 0.357 bits per heavy atom. The Hall–Kier alpha value is -9.10. The number of benzene rings is 10. The van der Waals surface area contributed by atoms with E-state index < -0.39 is 0 Å². The average Bonchev–Trinajstić information content (AvgIpc) is 4.20. The summed E-state index contributed by atoms with van der Waals surface area (Å²) in [7, 11) is 0. The van der Waals surface area contributed by atoms with Gasteiger partial charge in [0.2, 0.25) is 0 Å². The monoisotopic (exact) mass is 911 g/mol. The third kappa shape index (κ3) is 5.97. The molecule has 6 heteroatoms. The Morgan fingerprint density at radius 3 is 1.86 bits per heavy atom. The molecule has 0 amide bonds. The second kappa shape index (κ2) is 15.2. The summed E-state index contributed by atoms with van der Waals surface area (Å²) in [6, 6.07) is 79.5. The topological polar surface area (TPSA) is 57.0 Å². The zero-order valence-corrected chi connectivity index (χ0v) is 38.2. The molecule has 0 saturated heterocycles. The van der Waals surface area contributed by atoms with Crippen LogP contribution in [0.2, 0.25) is 0 Å². The molecule has 5 aromatic heterocycles. The van der Waals surface area contributed by atoms with E-state index in [4.69, 9.17) is 18.8 Å². The molecule has 0 fully saturated rings. The van der Waals surface area contributed by atoms with Crippen LogP contribution in [0.4, 0.5) is 0 Å². The van der Waals surface area contributed by atoms with E-state index in [1.165, 1.54) is 36.8 Å². The standard InChI is InChI=1S/C64H37N3O2S/c1-3-14-38(15-4-1)53-37-54(41-28-31-45-44-19-8-10-26-57(44)68-59(45)36-41)66-64(65-53)50-24-13-27-60-61(50)49-23-12-22-48(63(49)70-60)46-20-11-21-47-52-35-40(30-33-58(52)69-62(46)47)39-29-32-56-51(34-39)43-18-7-9-25-55(43)67(56)42-16-5-2-6-17-42/h1-37H. The van der Waals surface area contributed by atoms with E-state index in [0.29, 0.717) is 5.82 Å². The van der Waals surface area contributed by atoms with Crippen molar-refractivity contribution < 1.29 is 8.83 Å². The van der Waals surface area contributed by atoms with Crippen molar-refractivity contribution in [2.75, 3.05) is 0 Å². The molecular weight excluding hydrogens is 875 g/mol. The van der Waals surface area contributed by atoms with Gasteiger partial charge in [-0.1, -0.05) is 152 Å². The van der Waals surface area contributed by atoms with Crippen molar-refractivity contribution in [2.24, 2.45) is 0 Å². The minimum absolute atomic E-state index is 0.674. The molecule has 0 bridgehead atoms. The first-order chi connectivity index (χ1) is 34.7. The number of hydrogen-bond acceptors (Lipinski definition) is 5. The molecule has 0 aliphatic heterocycles. The summed E-state index contributed by atoms with van der Waals surface area (Å²) < 4.78 is 17.9. The highest BCUT2D eigenvalue weighted by Gasteiger charge is 2.21. The van der Waals surface area contributed by atoms with Crippen molar-refractivity contribution in [2.45, 2.75) is 0 Å². The highest BCUT2D eigenvalue weighted by Crippen LogP contribution is 2.47. The number of para-hydroxylation sites is 4. The fourth-order valence-corrected chi connectivity index (χ4v) is 12.1. The average molecular weight is 912 g/mol. The van der Waals surface area contributed by atoms with Gasteiger partial charge in [0, 0.05) is 86.0 Å². The largest absolute Gasteiger partial charge is 0.456 e. The third-order valence-corrected chi connectivity index (χ3v) is 15.2. The molecule has 10 aromatic carbocycles. The van der Waals surface area contributed by atoms with Gasteiger partial charge in [-0.2, -0.15) is 0 Å². The fourth-order valence-electron chi connectivity index (χ4n) is 10.8. The third-order valence-electron chi connectivity index (χ3n) is 14.0. The summed E-state index contributed by atoms with van der Waals surface area (Å²) >= 11 is 1.80. The predicted molar refractivity (Wildman–Crippen MR) is 291 cm³/mol. The Bertz CT molecular complexity index is 4600. The van der Waals surface area contributed by atoms with Gasteiger partial charge in [-0.3, -0.25) is 0 Å². The van der Waals surface area contributed by atoms with Crippen LogP contribution in [-0.4, -0.2) is 14.5 Å². The molecule has 15 rings (SSSR count). The Labute approximate surface area is 404 Å². The minimum Gasteiger partial charge on any atom is -0.456 e. The molecule has 326 valence electrons. The molecule has 0 atom stereocenters. The first-order valence-electron chi connectivity index (χ1n) is 23.5. The van der Waals surface area contributed by atoms with E-state index in [1.807, 2.05) is 18.2 Å². The van der Waals surface area contributed by atoms with Crippen molar-refractivity contribution in [1.29, 1.82) is 0 Å². The van der Waals surface area contributed by atoms with E-state index in [9.17, 15) is 0 Å². The summed E-state index contributed by atoms with van der Waals surface area (Å²) in [5, 5.41) is 9.14. The number of hydrogen-bond donors (Lipinski definition) is 0. The van der Waals surface area contributed by atoms with Gasteiger partial charge >= 0.3 is 0 Å². The Balaban J connectivity index is 0.858. The number of nitrogens with zero attached hydrogens (tertiary/aromatic N) is 3. The zero-order valence-electron chi connectivity index (χ0n) is 37.4. The first kappa shape index (κ1) is 38.9. The van der Waals surface area contributed by atoms with Crippen molar-refractivity contribution in [3.8, 4) is 61.8 Å². The Morgan fingerprint density at radius 2 is 0.986 bits per heavy atom. The van der Waals surface area contributed by atoms with E-state index in [0.717, 1.165) is 105 Å². The molecule has 0 unspecified atom stereocenters. The van der Waals surface area contributed by atoms with Crippen LogP contribution < -0.4 is 0 Å². The minimum atomic E-state index is 0.674. The van der Waals surface area contributed by atoms with Crippen LogP contribution in [0.15, 0.2) is 233 Å². The van der Waals surface area contributed by atoms with Gasteiger partial charge in [-0.25, -0.2) is 9.97 Å². The maximum atomic E-state index is 6.85. The highest BCUT2D eigenvalue weighted by atomic mass is 32.1.